The van der Waals surface area contributed by atoms with Gasteiger partial charge in [0.05, 0.1) is 9.79 Å². The van der Waals surface area contributed by atoms with Crippen molar-refractivity contribution in [2.75, 3.05) is 13.1 Å². The molecule has 12 nitrogen and oxygen atoms in total. The molecule has 0 aliphatic heterocycles. The number of rotatable bonds is 10. The molecule has 0 radical (unpaired) electrons. The Bertz CT molecular complexity index is 1720. The summed E-state index contributed by atoms with van der Waals surface area (Å²) < 4.78 is 46.2. The summed E-state index contributed by atoms with van der Waals surface area (Å²) in [6.45, 7) is 1.00. The Morgan fingerprint density at radius 1 is 0.596 bits per heavy atom. The molecule has 0 heterocycles. The molecular formula is C30H32Br2N4O8S2Zn. The van der Waals surface area contributed by atoms with Crippen molar-refractivity contribution in [1.82, 2.24) is 0 Å². The van der Waals surface area contributed by atoms with E-state index in [1.54, 1.807) is 61.0 Å². The second kappa shape index (κ2) is 20.5. The van der Waals surface area contributed by atoms with Gasteiger partial charge in [-0.05, 0) is 83.6 Å². The number of sulfonamides is 2. The van der Waals surface area contributed by atoms with Gasteiger partial charge in [-0.3, -0.25) is 9.98 Å². The van der Waals surface area contributed by atoms with Gasteiger partial charge in [0.15, 0.2) is 0 Å². The Kier molecular flexibility index (Phi) is 19.3. The van der Waals surface area contributed by atoms with Crippen molar-refractivity contribution >= 4 is 64.3 Å². The van der Waals surface area contributed by atoms with Crippen molar-refractivity contribution in [1.29, 1.82) is 0 Å². The quantitative estimate of drug-likeness (QED) is 0.178. The van der Waals surface area contributed by atoms with Crippen LogP contribution < -0.4 is 20.5 Å². The first-order valence-electron chi connectivity index (χ1n) is 12.9. The number of halogens is 2. The summed E-state index contributed by atoms with van der Waals surface area (Å²) >= 11 is 6.61. The zero-order chi connectivity index (χ0) is 32.3. The van der Waals surface area contributed by atoms with E-state index in [4.69, 9.17) is 10.3 Å². The third-order valence-corrected chi connectivity index (χ3v) is 8.81. The van der Waals surface area contributed by atoms with Gasteiger partial charge in [-0.25, -0.2) is 27.1 Å². The second-order valence-corrected chi connectivity index (χ2v) is 14.3. The third-order valence-electron chi connectivity index (χ3n) is 5.97. The van der Waals surface area contributed by atoms with Crippen LogP contribution >= 0.6 is 31.9 Å². The number of aliphatic imine (C=N–C) groups is 2. The van der Waals surface area contributed by atoms with Gasteiger partial charge in [0.2, 0.25) is 20.0 Å². The topological polar surface area (TPSA) is 254 Å². The first-order valence-corrected chi connectivity index (χ1v) is 17.6. The number of hydrogen-bond acceptors (Lipinski definition) is 8. The Balaban J connectivity index is 0.000000846. The van der Waals surface area contributed by atoms with Crippen LogP contribution in [0.2, 0.25) is 0 Å². The SMILES string of the molecule is NS(=O)(=O)c1ccc(CCN=Cc2cc(Br)ccc2[O-])cc1.NS(=O)(=O)c1ccc(CCN=Cc2cc(Br)ccc2[O-])cc1.O.O.[Zn+2]. The van der Waals surface area contributed by atoms with Gasteiger partial charge in [0.25, 0.3) is 0 Å². The zero-order valence-corrected chi connectivity index (χ0v) is 32.6. The minimum atomic E-state index is -3.66. The van der Waals surface area contributed by atoms with E-state index in [2.05, 4.69) is 41.8 Å². The van der Waals surface area contributed by atoms with Crippen LogP contribution in [0.15, 0.2) is 114 Å². The van der Waals surface area contributed by atoms with Crippen molar-refractivity contribution in [2.24, 2.45) is 20.3 Å². The molecule has 248 valence electrons. The fourth-order valence-electron chi connectivity index (χ4n) is 3.65. The van der Waals surface area contributed by atoms with Gasteiger partial charge in [-0.2, -0.15) is 0 Å². The molecule has 0 saturated carbocycles. The fourth-order valence-corrected chi connectivity index (χ4v) is 5.43. The van der Waals surface area contributed by atoms with E-state index in [9.17, 15) is 27.0 Å². The first kappa shape index (κ1) is 44.1. The minimum absolute atomic E-state index is 0. The monoisotopic (exact) mass is 862 g/mol. The average molecular weight is 866 g/mol. The van der Waals surface area contributed by atoms with Crippen LogP contribution in [-0.4, -0.2) is 53.3 Å². The summed E-state index contributed by atoms with van der Waals surface area (Å²) in [6, 6.07) is 22.5. The molecule has 0 aliphatic carbocycles. The van der Waals surface area contributed by atoms with E-state index in [0.717, 1.165) is 20.1 Å². The Morgan fingerprint density at radius 3 is 1.21 bits per heavy atom. The molecule has 0 unspecified atom stereocenters. The maximum atomic E-state index is 11.6. The molecule has 8 N–H and O–H groups in total. The van der Waals surface area contributed by atoms with Crippen molar-refractivity contribution in [3.8, 4) is 11.5 Å². The van der Waals surface area contributed by atoms with Gasteiger partial charge in [-0.15, -0.1) is 0 Å². The van der Waals surface area contributed by atoms with E-state index < -0.39 is 20.0 Å². The van der Waals surface area contributed by atoms with Crippen LogP contribution in [-0.2, 0) is 52.4 Å². The van der Waals surface area contributed by atoms with Crippen molar-refractivity contribution in [3.63, 3.8) is 0 Å². The van der Waals surface area contributed by atoms with Crippen LogP contribution in [0.4, 0.5) is 0 Å². The maximum absolute atomic E-state index is 11.6. The smallest absolute Gasteiger partial charge is 0.872 e. The molecular weight excluding hydrogens is 834 g/mol. The van der Waals surface area contributed by atoms with Crippen molar-refractivity contribution < 1.29 is 57.5 Å². The van der Waals surface area contributed by atoms with Crippen LogP contribution in [0.3, 0.4) is 0 Å². The largest absolute Gasteiger partial charge is 2.00 e. The molecule has 17 heteroatoms. The summed E-state index contributed by atoms with van der Waals surface area (Å²) in [5.41, 5.74) is 2.94. The molecule has 4 aromatic carbocycles. The first-order chi connectivity index (χ1) is 20.7. The van der Waals surface area contributed by atoms with Gasteiger partial charge >= 0.3 is 19.5 Å². The normalized spacial score (nSPS) is 11.1. The number of nitrogens with zero attached hydrogens (tertiary/aromatic N) is 2. The summed E-state index contributed by atoms with van der Waals surface area (Å²) in [5, 5.41) is 33.2. The zero-order valence-electron chi connectivity index (χ0n) is 24.8. The van der Waals surface area contributed by atoms with Crippen LogP contribution in [0.25, 0.3) is 0 Å². The Morgan fingerprint density at radius 2 is 0.915 bits per heavy atom. The van der Waals surface area contributed by atoms with Crippen molar-refractivity contribution in [2.45, 2.75) is 22.6 Å². The third kappa shape index (κ3) is 15.3. The van der Waals surface area contributed by atoms with E-state index in [1.165, 1.54) is 36.4 Å². The molecule has 47 heavy (non-hydrogen) atoms. The van der Waals surface area contributed by atoms with E-state index in [0.29, 0.717) is 37.1 Å². The van der Waals surface area contributed by atoms with Crippen molar-refractivity contribution in [3.05, 3.63) is 116 Å². The minimum Gasteiger partial charge on any atom is -0.872 e. The second-order valence-electron chi connectivity index (χ2n) is 9.31. The summed E-state index contributed by atoms with van der Waals surface area (Å²) in [6.07, 6.45) is 4.38. The standard InChI is InChI=1S/2C15H15BrN2O3S.2H2O.Zn/c2*16-13-3-6-15(19)12(9-13)10-18-8-7-11-1-4-14(5-2-11)22(17,20)21;;;/h2*1-6,9-10,19H,7-8H2,(H2,17,20,21);2*1H2;/q;;;;+2/p-2. The molecule has 4 rings (SSSR count). The summed E-state index contributed by atoms with van der Waals surface area (Å²) in [7, 11) is -7.32. The molecule has 4 aromatic rings. The summed E-state index contributed by atoms with van der Waals surface area (Å²) in [4.78, 5) is 8.62. The van der Waals surface area contributed by atoms with E-state index in [-0.39, 0.29) is 51.7 Å². The molecule has 0 aromatic heterocycles. The molecule has 0 amide bonds. The summed E-state index contributed by atoms with van der Waals surface area (Å²) in [5.74, 6) is -0.158. The van der Waals surface area contributed by atoms with Gasteiger partial charge in [0.1, 0.15) is 0 Å². The predicted molar refractivity (Wildman–Crippen MR) is 182 cm³/mol. The fraction of sp³-hybridized carbons (Fsp3) is 0.133. The predicted octanol–water partition coefficient (Wildman–Crippen LogP) is 2.01. The molecule has 0 saturated heterocycles. The van der Waals surface area contributed by atoms with Gasteiger partial charge in [0, 0.05) is 34.5 Å². The van der Waals surface area contributed by atoms with Crippen LogP contribution in [0, 0.1) is 0 Å². The molecule has 0 atom stereocenters. The van der Waals surface area contributed by atoms with Gasteiger partial charge in [-0.1, -0.05) is 79.8 Å². The molecule has 0 aliphatic rings. The maximum Gasteiger partial charge on any atom is 2.00 e. The number of hydrogen-bond donors (Lipinski definition) is 2. The number of nitrogens with two attached hydrogens (primary N) is 2. The molecule has 0 spiro atoms. The van der Waals surface area contributed by atoms with Crippen LogP contribution in [0.5, 0.6) is 11.5 Å². The number of primary sulfonamides is 2. The molecule has 0 bridgehead atoms. The Labute approximate surface area is 303 Å². The van der Waals surface area contributed by atoms with Crippen LogP contribution in [0.1, 0.15) is 22.3 Å². The average Bonchev–Trinajstić information content (AvgIpc) is 2.97. The Hall–Kier alpha value is -2.86. The van der Waals surface area contributed by atoms with E-state index >= 15 is 0 Å². The van der Waals surface area contributed by atoms with E-state index in [1.807, 2.05) is 0 Å². The number of benzene rings is 4. The van der Waals surface area contributed by atoms with Gasteiger partial charge < -0.3 is 21.2 Å². The molecule has 0 fully saturated rings.